The Bertz CT molecular complexity index is 435. The number of nitrogens with two attached hydrogens (primary N) is 1. The molecule has 0 aliphatic carbocycles. The van der Waals surface area contributed by atoms with Gasteiger partial charge in [0.15, 0.2) is 0 Å². The summed E-state index contributed by atoms with van der Waals surface area (Å²) in [6.45, 7) is 2.89. The second-order valence-corrected chi connectivity index (χ2v) is 5.02. The number of aryl methyl sites for hydroxylation is 1. The van der Waals surface area contributed by atoms with Crippen LogP contribution in [0.15, 0.2) is 28.2 Å². The zero-order valence-corrected chi connectivity index (χ0v) is 10.8. The minimum atomic E-state index is -0.0955. The average molecular weight is 286 g/mol. The Hall–Kier alpha value is -0.650. The van der Waals surface area contributed by atoms with E-state index < -0.39 is 0 Å². The van der Waals surface area contributed by atoms with Gasteiger partial charge in [0.05, 0.1) is 22.4 Å². The molecule has 2 N–H and O–H groups in total. The van der Waals surface area contributed by atoms with Crippen molar-refractivity contribution in [2.24, 2.45) is 5.73 Å². The first-order chi connectivity index (χ1) is 7.24. The molecule has 2 heterocycles. The predicted molar refractivity (Wildman–Crippen MR) is 66.0 cm³/mol. The summed E-state index contributed by atoms with van der Waals surface area (Å²) in [6.07, 6.45) is 1.80. The van der Waals surface area contributed by atoms with Gasteiger partial charge < -0.3 is 5.73 Å². The SMILES string of the molecule is CCn1ncc(Br)c1C(N)c1cccs1. The Kier molecular flexibility index (Phi) is 3.23. The molecule has 0 spiro atoms. The Morgan fingerprint density at radius 1 is 1.67 bits per heavy atom. The molecule has 0 aliphatic rings. The third-order valence-corrected chi connectivity index (χ3v) is 3.84. The molecule has 1 unspecified atom stereocenters. The first-order valence-corrected chi connectivity index (χ1v) is 6.41. The van der Waals surface area contributed by atoms with Gasteiger partial charge in [-0.25, -0.2) is 0 Å². The van der Waals surface area contributed by atoms with Gasteiger partial charge in [0.2, 0.25) is 0 Å². The fourth-order valence-corrected chi connectivity index (χ4v) is 2.81. The molecule has 0 amide bonds. The highest BCUT2D eigenvalue weighted by Gasteiger charge is 2.18. The summed E-state index contributed by atoms with van der Waals surface area (Å²) in [5, 5.41) is 6.30. The Balaban J connectivity index is 2.40. The van der Waals surface area contributed by atoms with E-state index in [1.807, 2.05) is 16.1 Å². The molecule has 80 valence electrons. The highest BCUT2D eigenvalue weighted by atomic mass is 79.9. The summed E-state index contributed by atoms with van der Waals surface area (Å²) in [5.41, 5.74) is 7.24. The molecule has 5 heteroatoms. The second-order valence-electron chi connectivity index (χ2n) is 3.19. The van der Waals surface area contributed by atoms with E-state index in [2.05, 4.69) is 34.0 Å². The lowest BCUT2D eigenvalue weighted by Gasteiger charge is -2.12. The smallest absolute Gasteiger partial charge is 0.0828 e. The van der Waals surface area contributed by atoms with Gasteiger partial charge in [-0.15, -0.1) is 11.3 Å². The maximum Gasteiger partial charge on any atom is 0.0828 e. The lowest BCUT2D eigenvalue weighted by atomic mass is 10.2. The number of nitrogens with zero attached hydrogens (tertiary/aromatic N) is 2. The van der Waals surface area contributed by atoms with Crippen LogP contribution in [0.5, 0.6) is 0 Å². The van der Waals surface area contributed by atoms with Crippen LogP contribution in [0.3, 0.4) is 0 Å². The molecular formula is C10H12BrN3S. The highest BCUT2D eigenvalue weighted by Crippen LogP contribution is 2.28. The van der Waals surface area contributed by atoms with Crippen molar-refractivity contribution >= 4 is 27.3 Å². The Labute approximate surface area is 101 Å². The summed E-state index contributed by atoms with van der Waals surface area (Å²) in [5.74, 6) is 0. The summed E-state index contributed by atoms with van der Waals surface area (Å²) < 4.78 is 2.90. The van der Waals surface area contributed by atoms with E-state index in [1.54, 1.807) is 17.5 Å². The van der Waals surface area contributed by atoms with Crippen LogP contribution in [0.4, 0.5) is 0 Å². The van der Waals surface area contributed by atoms with Crippen LogP contribution < -0.4 is 5.73 Å². The quantitative estimate of drug-likeness (QED) is 0.943. The molecule has 15 heavy (non-hydrogen) atoms. The lowest BCUT2D eigenvalue weighted by Crippen LogP contribution is -2.16. The number of aromatic nitrogens is 2. The van der Waals surface area contributed by atoms with E-state index in [0.29, 0.717) is 0 Å². The van der Waals surface area contributed by atoms with E-state index in [-0.39, 0.29) is 6.04 Å². The van der Waals surface area contributed by atoms with Crippen LogP contribution in [0, 0.1) is 0 Å². The van der Waals surface area contributed by atoms with Crippen molar-refractivity contribution < 1.29 is 0 Å². The van der Waals surface area contributed by atoms with Gasteiger partial charge in [0, 0.05) is 11.4 Å². The van der Waals surface area contributed by atoms with Gasteiger partial charge in [-0.3, -0.25) is 4.68 Å². The average Bonchev–Trinajstić information content (AvgIpc) is 2.85. The molecule has 0 saturated carbocycles. The van der Waals surface area contributed by atoms with Crippen molar-refractivity contribution in [1.29, 1.82) is 0 Å². The molecule has 1 atom stereocenters. The second kappa shape index (κ2) is 4.47. The normalized spacial score (nSPS) is 13.0. The zero-order chi connectivity index (χ0) is 10.8. The Morgan fingerprint density at radius 3 is 3.07 bits per heavy atom. The van der Waals surface area contributed by atoms with Crippen LogP contribution in [-0.4, -0.2) is 9.78 Å². The van der Waals surface area contributed by atoms with Crippen molar-refractivity contribution in [2.45, 2.75) is 19.5 Å². The molecule has 0 fully saturated rings. The standard InChI is InChI=1S/C10H12BrN3S/c1-2-14-10(7(11)6-13-14)9(12)8-4-3-5-15-8/h3-6,9H,2,12H2,1H3. The third kappa shape index (κ3) is 2.00. The van der Waals surface area contributed by atoms with E-state index in [4.69, 9.17) is 5.73 Å². The lowest BCUT2D eigenvalue weighted by molar-refractivity contribution is 0.602. The minimum absolute atomic E-state index is 0.0955. The van der Waals surface area contributed by atoms with E-state index in [1.165, 1.54) is 0 Å². The molecule has 0 bridgehead atoms. The van der Waals surface area contributed by atoms with Crippen LogP contribution in [-0.2, 0) is 6.54 Å². The largest absolute Gasteiger partial charge is 0.318 e. The number of hydrogen-bond donors (Lipinski definition) is 1. The van der Waals surface area contributed by atoms with E-state index in [9.17, 15) is 0 Å². The minimum Gasteiger partial charge on any atom is -0.318 e. The highest BCUT2D eigenvalue weighted by molar-refractivity contribution is 9.10. The first kappa shape index (κ1) is 10.9. The third-order valence-electron chi connectivity index (χ3n) is 2.28. The summed E-state index contributed by atoms with van der Waals surface area (Å²) in [7, 11) is 0. The van der Waals surface area contributed by atoms with Crippen molar-refractivity contribution in [3.8, 4) is 0 Å². The van der Waals surface area contributed by atoms with Crippen molar-refractivity contribution in [3.63, 3.8) is 0 Å². The molecule has 0 saturated heterocycles. The van der Waals surface area contributed by atoms with Crippen molar-refractivity contribution in [1.82, 2.24) is 9.78 Å². The van der Waals surface area contributed by atoms with E-state index in [0.717, 1.165) is 21.6 Å². The van der Waals surface area contributed by atoms with Gasteiger partial charge in [0.1, 0.15) is 0 Å². The van der Waals surface area contributed by atoms with Crippen LogP contribution in [0.25, 0.3) is 0 Å². The summed E-state index contributed by atoms with van der Waals surface area (Å²) in [4.78, 5) is 1.16. The maximum absolute atomic E-state index is 6.20. The number of halogens is 1. The molecule has 2 rings (SSSR count). The molecule has 2 aromatic rings. The summed E-state index contributed by atoms with van der Waals surface area (Å²) >= 11 is 5.16. The summed E-state index contributed by atoms with van der Waals surface area (Å²) in [6, 6.07) is 3.97. The van der Waals surface area contributed by atoms with Gasteiger partial charge in [-0.1, -0.05) is 6.07 Å². The molecular weight excluding hydrogens is 274 g/mol. The van der Waals surface area contributed by atoms with Gasteiger partial charge in [0.25, 0.3) is 0 Å². The number of rotatable bonds is 3. The molecule has 2 aromatic heterocycles. The van der Waals surface area contributed by atoms with Crippen molar-refractivity contribution in [3.05, 3.63) is 38.8 Å². The maximum atomic E-state index is 6.20. The van der Waals surface area contributed by atoms with Crippen molar-refractivity contribution in [2.75, 3.05) is 0 Å². The molecule has 3 nitrogen and oxygen atoms in total. The fraction of sp³-hybridized carbons (Fsp3) is 0.300. The number of hydrogen-bond acceptors (Lipinski definition) is 3. The van der Waals surface area contributed by atoms with Crippen LogP contribution in [0.2, 0.25) is 0 Å². The van der Waals surface area contributed by atoms with Gasteiger partial charge in [-0.2, -0.15) is 5.10 Å². The van der Waals surface area contributed by atoms with Crippen LogP contribution in [0.1, 0.15) is 23.5 Å². The Morgan fingerprint density at radius 2 is 2.47 bits per heavy atom. The van der Waals surface area contributed by atoms with Gasteiger partial charge in [-0.05, 0) is 34.3 Å². The fourth-order valence-electron chi connectivity index (χ4n) is 1.54. The molecule has 0 radical (unpaired) electrons. The van der Waals surface area contributed by atoms with E-state index >= 15 is 0 Å². The van der Waals surface area contributed by atoms with Crippen LogP contribution >= 0.6 is 27.3 Å². The number of thiophene rings is 1. The molecule has 0 aromatic carbocycles. The zero-order valence-electron chi connectivity index (χ0n) is 8.35. The van der Waals surface area contributed by atoms with Gasteiger partial charge >= 0.3 is 0 Å². The molecule has 0 aliphatic heterocycles. The monoisotopic (exact) mass is 285 g/mol. The first-order valence-electron chi connectivity index (χ1n) is 4.74. The topological polar surface area (TPSA) is 43.8 Å². The predicted octanol–water partition coefficient (Wildman–Crippen LogP) is 2.78.